The van der Waals surface area contributed by atoms with Crippen molar-refractivity contribution in [3.8, 4) is 0 Å². The van der Waals surface area contributed by atoms with Gasteiger partial charge in [-0.2, -0.15) is 5.10 Å². The van der Waals surface area contributed by atoms with E-state index in [0.717, 1.165) is 18.4 Å². The number of benzene rings is 1. The topological polar surface area (TPSA) is 68.9 Å². The second-order valence-electron chi connectivity index (χ2n) is 6.87. The van der Waals surface area contributed by atoms with Crippen LogP contribution in [0, 0.1) is 6.92 Å². The molecule has 1 aromatic heterocycles. The number of aryl methyl sites for hydroxylation is 1. The first-order chi connectivity index (χ1) is 12.5. The number of carbonyl (C=O) groups excluding carboxylic acids is 1. The molecule has 0 aliphatic heterocycles. The van der Waals surface area contributed by atoms with Crippen LogP contribution in [0.25, 0.3) is 0 Å². The molecule has 1 aromatic carbocycles. The van der Waals surface area contributed by atoms with Gasteiger partial charge in [-0.05, 0) is 45.1 Å². The summed E-state index contributed by atoms with van der Waals surface area (Å²) < 4.78 is 2.84. The maximum atomic E-state index is 12.6. The average molecular weight is 354 g/mol. The van der Waals surface area contributed by atoms with Gasteiger partial charge in [-0.25, -0.2) is 9.48 Å². The van der Waals surface area contributed by atoms with Crippen LogP contribution in [-0.2, 0) is 17.9 Å². The Labute approximate surface area is 153 Å². The molecule has 0 saturated carbocycles. The third-order valence-corrected chi connectivity index (χ3v) is 4.84. The Morgan fingerprint density at radius 3 is 2.73 bits per heavy atom. The summed E-state index contributed by atoms with van der Waals surface area (Å²) >= 11 is 0. The number of rotatable bonds is 6. The van der Waals surface area contributed by atoms with Gasteiger partial charge in [0.05, 0.1) is 6.54 Å². The van der Waals surface area contributed by atoms with Crippen LogP contribution >= 0.6 is 0 Å². The summed E-state index contributed by atoms with van der Waals surface area (Å²) in [6, 6.07) is 9.76. The van der Waals surface area contributed by atoms with E-state index in [2.05, 4.69) is 16.5 Å². The van der Waals surface area contributed by atoms with Gasteiger partial charge in [0, 0.05) is 6.04 Å². The third kappa shape index (κ3) is 4.31. The van der Waals surface area contributed by atoms with Crippen molar-refractivity contribution < 1.29 is 4.79 Å². The Morgan fingerprint density at radius 2 is 2.04 bits per heavy atom. The lowest BCUT2D eigenvalue weighted by atomic mass is 9.95. The first kappa shape index (κ1) is 18.2. The van der Waals surface area contributed by atoms with Gasteiger partial charge in [0.25, 0.3) is 0 Å². The molecule has 1 N–H and O–H groups in total. The zero-order chi connectivity index (χ0) is 18.5. The quantitative estimate of drug-likeness (QED) is 0.810. The molecule has 1 amide bonds. The van der Waals surface area contributed by atoms with Crippen molar-refractivity contribution in [2.24, 2.45) is 0 Å². The number of nitrogens with zero attached hydrogens (tertiary/aromatic N) is 3. The van der Waals surface area contributed by atoms with Gasteiger partial charge in [0.1, 0.15) is 12.4 Å². The smallest absolute Gasteiger partial charge is 0.346 e. The molecule has 1 aliphatic carbocycles. The molecular weight excluding hydrogens is 328 g/mol. The van der Waals surface area contributed by atoms with Crippen LogP contribution < -0.4 is 11.0 Å². The highest BCUT2D eigenvalue weighted by Gasteiger charge is 2.17. The third-order valence-electron chi connectivity index (χ3n) is 4.84. The average Bonchev–Trinajstić information content (AvgIpc) is 2.90. The number of hydrogen-bond acceptors (Lipinski definition) is 3. The fraction of sp³-hybridized carbons (Fsp3) is 0.450. The first-order valence-corrected chi connectivity index (χ1v) is 9.21. The summed E-state index contributed by atoms with van der Waals surface area (Å²) in [5.41, 5.74) is 2.05. The molecule has 2 aromatic rings. The Morgan fingerprint density at radius 1 is 1.27 bits per heavy atom. The summed E-state index contributed by atoms with van der Waals surface area (Å²) in [6.45, 7) is 4.18. The highest BCUT2D eigenvalue weighted by molar-refractivity contribution is 5.76. The van der Waals surface area contributed by atoms with E-state index in [1.54, 1.807) is 11.5 Å². The molecule has 1 unspecified atom stereocenters. The van der Waals surface area contributed by atoms with Crippen LogP contribution in [0.3, 0.4) is 0 Å². The van der Waals surface area contributed by atoms with Crippen molar-refractivity contribution in [2.45, 2.75) is 58.7 Å². The summed E-state index contributed by atoms with van der Waals surface area (Å²) in [5.74, 6) is 0.421. The van der Waals surface area contributed by atoms with Gasteiger partial charge < -0.3 is 5.32 Å². The van der Waals surface area contributed by atoms with Gasteiger partial charge in [0.2, 0.25) is 5.91 Å². The van der Waals surface area contributed by atoms with E-state index < -0.39 is 0 Å². The molecular formula is C20H26N4O2. The molecule has 0 bridgehead atoms. The van der Waals surface area contributed by atoms with E-state index in [9.17, 15) is 9.59 Å². The van der Waals surface area contributed by atoms with Gasteiger partial charge in [-0.15, -0.1) is 0 Å². The lowest BCUT2D eigenvalue weighted by Gasteiger charge is -2.20. The molecule has 3 rings (SSSR count). The van der Waals surface area contributed by atoms with E-state index in [1.165, 1.54) is 23.1 Å². The minimum absolute atomic E-state index is 0.00556. The SMILES string of the molecule is Cc1nn(CC(=O)NC(C)C2=CCCCC2)c(=O)n1Cc1ccccc1. The predicted molar refractivity (Wildman–Crippen MR) is 101 cm³/mol. The Bertz CT molecular complexity index is 848. The van der Waals surface area contributed by atoms with Gasteiger partial charge in [-0.3, -0.25) is 9.36 Å². The van der Waals surface area contributed by atoms with Gasteiger partial charge in [-0.1, -0.05) is 42.0 Å². The maximum Gasteiger partial charge on any atom is 0.346 e. The molecule has 1 atom stereocenters. The largest absolute Gasteiger partial charge is 0.348 e. The van der Waals surface area contributed by atoms with Crippen molar-refractivity contribution in [2.75, 3.05) is 0 Å². The Kier molecular flexibility index (Phi) is 5.71. The molecule has 1 aliphatic rings. The van der Waals surface area contributed by atoms with Gasteiger partial charge >= 0.3 is 5.69 Å². The second-order valence-corrected chi connectivity index (χ2v) is 6.87. The summed E-state index contributed by atoms with van der Waals surface area (Å²) in [7, 11) is 0. The Hall–Kier alpha value is -2.63. The molecule has 138 valence electrons. The molecule has 1 heterocycles. The second kappa shape index (κ2) is 8.17. The van der Waals surface area contributed by atoms with Crippen molar-refractivity contribution in [3.05, 3.63) is 63.9 Å². The van der Waals surface area contributed by atoms with Crippen molar-refractivity contribution in [1.82, 2.24) is 19.7 Å². The van der Waals surface area contributed by atoms with E-state index in [1.807, 2.05) is 37.3 Å². The van der Waals surface area contributed by atoms with E-state index in [0.29, 0.717) is 12.4 Å². The number of allylic oxidation sites excluding steroid dienone is 1. The number of amides is 1. The van der Waals surface area contributed by atoms with Crippen LogP contribution in [0.4, 0.5) is 0 Å². The monoisotopic (exact) mass is 354 g/mol. The summed E-state index contributed by atoms with van der Waals surface area (Å²) in [6.07, 6.45) is 6.73. The minimum atomic E-state index is -0.258. The Balaban J connectivity index is 1.66. The fourth-order valence-electron chi connectivity index (χ4n) is 3.37. The van der Waals surface area contributed by atoms with Crippen LogP contribution in [0.2, 0.25) is 0 Å². The molecule has 6 nitrogen and oxygen atoms in total. The minimum Gasteiger partial charge on any atom is -0.348 e. The lowest BCUT2D eigenvalue weighted by molar-refractivity contribution is -0.122. The number of nitrogens with one attached hydrogen (secondary N) is 1. The van der Waals surface area contributed by atoms with Crippen molar-refractivity contribution in [1.29, 1.82) is 0 Å². The number of hydrogen-bond donors (Lipinski definition) is 1. The summed E-state index contributed by atoms with van der Waals surface area (Å²) in [5, 5.41) is 7.25. The maximum absolute atomic E-state index is 12.6. The zero-order valence-electron chi connectivity index (χ0n) is 15.4. The van der Waals surface area contributed by atoms with E-state index >= 15 is 0 Å². The van der Waals surface area contributed by atoms with Crippen LogP contribution in [0.5, 0.6) is 0 Å². The molecule has 0 saturated heterocycles. The van der Waals surface area contributed by atoms with Crippen molar-refractivity contribution >= 4 is 5.91 Å². The van der Waals surface area contributed by atoms with Crippen LogP contribution in [0.15, 0.2) is 46.8 Å². The highest BCUT2D eigenvalue weighted by atomic mass is 16.2. The van der Waals surface area contributed by atoms with Gasteiger partial charge in [0.15, 0.2) is 0 Å². The van der Waals surface area contributed by atoms with E-state index in [4.69, 9.17) is 0 Å². The van der Waals surface area contributed by atoms with Crippen LogP contribution in [-0.4, -0.2) is 26.3 Å². The standard InChI is InChI=1S/C20H26N4O2/c1-15(18-11-7-4-8-12-18)21-19(25)14-24-20(26)23(16(2)22-24)13-17-9-5-3-6-10-17/h3,5-6,9-11,15H,4,7-8,12-14H2,1-2H3,(H,21,25). The lowest BCUT2D eigenvalue weighted by Crippen LogP contribution is -2.39. The molecule has 26 heavy (non-hydrogen) atoms. The van der Waals surface area contributed by atoms with Crippen LogP contribution in [0.1, 0.15) is 44.0 Å². The predicted octanol–water partition coefficient (Wildman–Crippen LogP) is 2.41. The molecule has 0 fully saturated rings. The number of aromatic nitrogens is 3. The molecule has 0 spiro atoms. The van der Waals surface area contributed by atoms with E-state index in [-0.39, 0.29) is 24.2 Å². The summed E-state index contributed by atoms with van der Waals surface area (Å²) in [4.78, 5) is 24.9. The molecule has 6 heteroatoms. The highest BCUT2D eigenvalue weighted by Crippen LogP contribution is 2.20. The fourth-order valence-corrected chi connectivity index (χ4v) is 3.37. The zero-order valence-corrected chi connectivity index (χ0v) is 15.4. The first-order valence-electron chi connectivity index (χ1n) is 9.21. The molecule has 0 radical (unpaired) electrons. The van der Waals surface area contributed by atoms with Crippen molar-refractivity contribution in [3.63, 3.8) is 0 Å². The number of carbonyl (C=O) groups is 1. The normalized spacial score (nSPS) is 15.4.